The molecular formula is C8H14N2. The highest BCUT2D eigenvalue weighted by Gasteiger charge is 2.35. The highest BCUT2D eigenvalue weighted by molar-refractivity contribution is 5.82. The number of likely N-dealkylation sites (N-methyl/N-ethyl adjacent to an activating group) is 1. The summed E-state index contributed by atoms with van der Waals surface area (Å²) >= 11 is 0. The lowest BCUT2D eigenvalue weighted by molar-refractivity contribution is 0.379. The molecule has 1 aliphatic heterocycles. The maximum atomic E-state index is 4.57. The van der Waals surface area contributed by atoms with Gasteiger partial charge in [0.25, 0.3) is 0 Å². The van der Waals surface area contributed by atoms with Crippen LogP contribution in [0.1, 0.15) is 26.2 Å². The van der Waals surface area contributed by atoms with Crippen molar-refractivity contribution in [3.8, 4) is 0 Å². The number of aliphatic imine (C=N–C) groups is 1. The van der Waals surface area contributed by atoms with E-state index in [1.165, 1.54) is 25.1 Å². The minimum atomic E-state index is 0.644. The summed E-state index contributed by atoms with van der Waals surface area (Å²) in [5.41, 5.74) is 0. The molecule has 1 fully saturated rings. The second kappa shape index (κ2) is 1.97. The molecular weight excluding hydrogens is 124 g/mol. The van der Waals surface area contributed by atoms with Gasteiger partial charge in [0, 0.05) is 7.05 Å². The molecule has 0 bridgehead atoms. The first-order valence-electron chi connectivity index (χ1n) is 4.06. The molecule has 2 heteroatoms. The lowest BCUT2D eigenvalue weighted by atomic mass is 10.2. The van der Waals surface area contributed by atoms with E-state index in [0.29, 0.717) is 6.04 Å². The lowest BCUT2D eigenvalue weighted by Crippen LogP contribution is -2.32. The molecule has 0 radical (unpaired) electrons. The Morgan fingerprint density at radius 3 is 3.00 bits per heavy atom. The minimum Gasteiger partial charge on any atom is -0.359 e. The molecule has 2 aliphatic rings. The van der Waals surface area contributed by atoms with Crippen LogP contribution in [0.15, 0.2) is 4.99 Å². The molecule has 0 saturated heterocycles. The van der Waals surface area contributed by atoms with Crippen LogP contribution >= 0.6 is 0 Å². The first-order valence-corrected chi connectivity index (χ1v) is 4.06. The van der Waals surface area contributed by atoms with E-state index in [1.807, 2.05) is 0 Å². The van der Waals surface area contributed by atoms with Crippen LogP contribution in [-0.2, 0) is 0 Å². The topological polar surface area (TPSA) is 15.6 Å². The van der Waals surface area contributed by atoms with Gasteiger partial charge in [-0.25, -0.2) is 0 Å². The highest BCUT2D eigenvalue weighted by atomic mass is 15.3. The Bertz CT molecular complexity index is 174. The van der Waals surface area contributed by atoms with Crippen LogP contribution in [0.2, 0.25) is 0 Å². The number of hydrogen-bond acceptors (Lipinski definition) is 2. The van der Waals surface area contributed by atoms with Crippen LogP contribution in [0, 0.1) is 0 Å². The average molecular weight is 138 g/mol. The van der Waals surface area contributed by atoms with E-state index in [0.717, 1.165) is 6.04 Å². The number of amidine groups is 1. The van der Waals surface area contributed by atoms with Crippen molar-refractivity contribution in [3.05, 3.63) is 0 Å². The molecule has 0 amide bonds. The Kier molecular flexibility index (Phi) is 1.22. The standard InChI is InChI=1S/C8H14N2/c1-6-9-7-4-3-5-8(7)10(6)2/h7-8H,3-5H2,1-2H3/t7-,8-/m1/s1. The van der Waals surface area contributed by atoms with Gasteiger partial charge in [-0.05, 0) is 26.2 Å². The predicted octanol–water partition coefficient (Wildman–Crippen LogP) is 1.27. The Balaban J connectivity index is 2.20. The van der Waals surface area contributed by atoms with E-state index in [-0.39, 0.29) is 0 Å². The highest BCUT2D eigenvalue weighted by Crippen LogP contribution is 2.30. The largest absolute Gasteiger partial charge is 0.359 e. The van der Waals surface area contributed by atoms with Crippen molar-refractivity contribution in [1.29, 1.82) is 0 Å². The monoisotopic (exact) mass is 138 g/mol. The molecule has 0 spiro atoms. The van der Waals surface area contributed by atoms with Gasteiger partial charge in [0.05, 0.1) is 17.9 Å². The zero-order valence-corrected chi connectivity index (χ0v) is 6.67. The molecule has 56 valence electrons. The molecule has 0 aromatic heterocycles. The smallest absolute Gasteiger partial charge is 0.0962 e. The molecule has 0 unspecified atom stereocenters. The fourth-order valence-electron chi connectivity index (χ4n) is 2.09. The maximum absolute atomic E-state index is 4.57. The van der Waals surface area contributed by atoms with Gasteiger partial charge in [0.15, 0.2) is 0 Å². The summed E-state index contributed by atoms with van der Waals surface area (Å²) < 4.78 is 0. The van der Waals surface area contributed by atoms with Crippen LogP contribution in [-0.4, -0.2) is 29.9 Å². The van der Waals surface area contributed by atoms with Gasteiger partial charge in [-0.1, -0.05) is 0 Å². The molecule has 2 rings (SSSR count). The third kappa shape index (κ3) is 0.678. The number of nitrogens with zero attached hydrogens (tertiary/aromatic N) is 2. The summed E-state index contributed by atoms with van der Waals surface area (Å²) in [4.78, 5) is 6.91. The van der Waals surface area contributed by atoms with Crippen molar-refractivity contribution in [1.82, 2.24) is 4.90 Å². The Morgan fingerprint density at radius 1 is 1.50 bits per heavy atom. The van der Waals surface area contributed by atoms with E-state index in [1.54, 1.807) is 0 Å². The minimum absolute atomic E-state index is 0.644. The van der Waals surface area contributed by atoms with Crippen molar-refractivity contribution in [2.24, 2.45) is 4.99 Å². The fraction of sp³-hybridized carbons (Fsp3) is 0.875. The third-order valence-corrected chi connectivity index (χ3v) is 2.80. The van der Waals surface area contributed by atoms with E-state index in [4.69, 9.17) is 0 Å². The van der Waals surface area contributed by atoms with Gasteiger partial charge in [-0.2, -0.15) is 0 Å². The Morgan fingerprint density at radius 2 is 2.30 bits per heavy atom. The van der Waals surface area contributed by atoms with Gasteiger partial charge in [-0.3, -0.25) is 4.99 Å². The number of fused-ring (bicyclic) bond motifs is 1. The van der Waals surface area contributed by atoms with E-state index in [2.05, 4.69) is 23.9 Å². The number of hydrogen-bond donors (Lipinski definition) is 0. The van der Waals surface area contributed by atoms with Crippen molar-refractivity contribution < 1.29 is 0 Å². The summed E-state index contributed by atoms with van der Waals surface area (Å²) in [7, 11) is 2.16. The molecule has 2 nitrogen and oxygen atoms in total. The van der Waals surface area contributed by atoms with Crippen molar-refractivity contribution >= 4 is 5.84 Å². The molecule has 0 aromatic carbocycles. The Hall–Kier alpha value is -0.530. The molecule has 0 N–H and O–H groups in total. The third-order valence-electron chi connectivity index (χ3n) is 2.80. The summed E-state index contributed by atoms with van der Waals surface area (Å²) in [5.74, 6) is 1.23. The predicted molar refractivity (Wildman–Crippen MR) is 42.3 cm³/mol. The first kappa shape index (κ1) is 6.20. The van der Waals surface area contributed by atoms with E-state index < -0.39 is 0 Å². The van der Waals surface area contributed by atoms with Crippen molar-refractivity contribution in [2.75, 3.05) is 7.05 Å². The lowest BCUT2D eigenvalue weighted by Gasteiger charge is -2.19. The van der Waals surface area contributed by atoms with Crippen molar-refractivity contribution in [2.45, 2.75) is 38.3 Å². The average Bonchev–Trinajstić information content (AvgIpc) is 2.41. The molecule has 2 atom stereocenters. The first-order chi connectivity index (χ1) is 4.79. The molecule has 1 heterocycles. The summed E-state index contributed by atoms with van der Waals surface area (Å²) in [5, 5.41) is 0. The van der Waals surface area contributed by atoms with Gasteiger partial charge in [0.1, 0.15) is 0 Å². The second-order valence-electron chi connectivity index (χ2n) is 3.35. The Labute approximate surface area is 61.9 Å². The normalized spacial score (nSPS) is 38.2. The van der Waals surface area contributed by atoms with E-state index >= 15 is 0 Å². The number of rotatable bonds is 0. The van der Waals surface area contributed by atoms with Crippen LogP contribution in [0.5, 0.6) is 0 Å². The zero-order chi connectivity index (χ0) is 7.14. The SMILES string of the molecule is CC1=N[C@@H]2CCC[C@H]2N1C. The molecule has 1 aliphatic carbocycles. The van der Waals surface area contributed by atoms with Gasteiger partial charge in [0.2, 0.25) is 0 Å². The van der Waals surface area contributed by atoms with Gasteiger partial charge in [-0.15, -0.1) is 0 Å². The zero-order valence-electron chi connectivity index (χ0n) is 6.67. The molecule has 10 heavy (non-hydrogen) atoms. The fourth-order valence-corrected chi connectivity index (χ4v) is 2.09. The van der Waals surface area contributed by atoms with Gasteiger partial charge >= 0.3 is 0 Å². The summed E-state index contributed by atoms with van der Waals surface area (Å²) in [6, 6.07) is 1.39. The van der Waals surface area contributed by atoms with Crippen LogP contribution in [0.25, 0.3) is 0 Å². The maximum Gasteiger partial charge on any atom is 0.0962 e. The van der Waals surface area contributed by atoms with E-state index in [9.17, 15) is 0 Å². The summed E-state index contributed by atoms with van der Waals surface area (Å²) in [6.07, 6.45) is 4.03. The van der Waals surface area contributed by atoms with Crippen LogP contribution < -0.4 is 0 Å². The molecule has 0 aromatic rings. The van der Waals surface area contributed by atoms with Crippen LogP contribution in [0.3, 0.4) is 0 Å². The molecule has 1 saturated carbocycles. The quantitative estimate of drug-likeness (QED) is 0.492. The second-order valence-corrected chi connectivity index (χ2v) is 3.35. The van der Waals surface area contributed by atoms with Gasteiger partial charge < -0.3 is 4.90 Å². The van der Waals surface area contributed by atoms with Crippen LogP contribution in [0.4, 0.5) is 0 Å². The summed E-state index contributed by atoms with van der Waals surface area (Å²) in [6.45, 7) is 2.11. The van der Waals surface area contributed by atoms with Crippen molar-refractivity contribution in [3.63, 3.8) is 0 Å².